The Morgan fingerprint density at radius 1 is 1.20 bits per heavy atom. The van der Waals surface area contributed by atoms with Crippen molar-refractivity contribution < 1.29 is 28.5 Å². The van der Waals surface area contributed by atoms with Crippen LogP contribution in [0.1, 0.15) is 28.8 Å². The van der Waals surface area contributed by atoms with Gasteiger partial charge in [0.25, 0.3) is 0 Å². The highest BCUT2D eigenvalue weighted by atomic mass is 16.5. The van der Waals surface area contributed by atoms with Crippen molar-refractivity contribution in [2.75, 3.05) is 41.6 Å². The summed E-state index contributed by atoms with van der Waals surface area (Å²) in [5, 5.41) is 0. The second kappa shape index (κ2) is 6.77. The lowest BCUT2D eigenvalue weighted by Gasteiger charge is -2.64. The van der Waals surface area contributed by atoms with Crippen molar-refractivity contribution in [1.29, 1.82) is 0 Å². The monoisotopic (exact) mass is 415 g/mol. The van der Waals surface area contributed by atoms with Gasteiger partial charge in [-0.2, -0.15) is 0 Å². The molecule has 7 heteroatoms. The number of methoxy groups -OCH3 is 4. The third-order valence-electron chi connectivity index (χ3n) is 8.36. The van der Waals surface area contributed by atoms with E-state index in [0.29, 0.717) is 24.5 Å². The summed E-state index contributed by atoms with van der Waals surface area (Å²) in [6.07, 6.45) is 2.15. The van der Waals surface area contributed by atoms with E-state index in [2.05, 4.69) is 0 Å². The van der Waals surface area contributed by atoms with Crippen molar-refractivity contribution in [3.05, 3.63) is 29.3 Å². The van der Waals surface area contributed by atoms with Gasteiger partial charge in [-0.25, -0.2) is 0 Å². The number of ether oxygens (including phenoxy) is 4. The molecule has 0 aromatic heterocycles. The average Bonchev–Trinajstić information content (AvgIpc) is 2.96. The van der Waals surface area contributed by atoms with Crippen LogP contribution < -0.4 is 4.74 Å². The van der Waals surface area contributed by atoms with Crippen LogP contribution in [0.2, 0.25) is 0 Å². The smallest absolute Gasteiger partial charge is 0.210 e. The van der Waals surface area contributed by atoms with Crippen molar-refractivity contribution in [3.63, 3.8) is 0 Å². The molecule has 5 rings (SSSR count). The van der Waals surface area contributed by atoms with Gasteiger partial charge in [-0.1, -0.05) is 0 Å². The fraction of sp³-hybridized carbons (Fsp3) is 0.652. The third-order valence-corrected chi connectivity index (χ3v) is 8.36. The van der Waals surface area contributed by atoms with Gasteiger partial charge in [0.15, 0.2) is 5.78 Å². The van der Waals surface area contributed by atoms with Gasteiger partial charge in [-0.3, -0.25) is 9.59 Å². The number of hydrogen-bond acceptors (Lipinski definition) is 6. The van der Waals surface area contributed by atoms with Crippen LogP contribution in [-0.2, 0) is 24.4 Å². The standard InChI is InChI=1S/C23H29NO6/c1-27-11-22-8-7-16(29-3)23-15-9-13(28-2)5-6-14(15)18(26)17(19(30-4)20(22)23)21(23)24(10-22)12-25/h5-6,9,12,16-17,19-21H,7-8,10-11H2,1-4H3/t16-,17?,19-,20?,21?,22-,23-/m0/s1. The molecule has 3 fully saturated rings. The van der Waals surface area contributed by atoms with E-state index in [4.69, 9.17) is 18.9 Å². The number of carbonyl (C=O) groups excluding carboxylic acids is 2. The van der Waals surface area contributed by atoms with Gasteiger partial charge >= 0.3 is 0 Å². The summed E-state index contributed by atoms with van der Waals surface area (Å²) >= 11 is 0. The van der Waals surface area contributed by atoms with E-state index in [1.54, 1.807) is 28.4 Å². The summed E-state index contributed by atoms with van der Waals surface area (Å²) in [6, 6.07) is 5.38. The molecule has 7 atom stereocenters. The molecule has 162 valence electrons. The summed E-state index contributed by atoms with van der Waals surface area (Å²) < 4.78 is 23.5. The first-order valence-electron chi connectivity index (χ1n) is 10.5. The van der Waals surface area contributed by atoms with Crippen LogP contribution in [0.25, 0.3) is 0 Å². The van der Waals surface area contributed by atoms with Crippen molar-refractivity contribution in [3.8, 4) is 5.75 Å². The van der Waals surface area contributed by atoms with Crippen molar-refractivity contribution in [1.82, 2.24) is 4.90 Å². The molecule has 1 amide bonds. The number of amides is 1. The maximum Gasteiger partial charge on any atom is 0.210 e. The lowest BCUT2D eigenvalue weighted by molar-refractivity contribution is -0.180. The number of ketones is 1. The third kappa shape index (κ3) is 2.11. The summed E-state index contributed by atoms with van der Waals surface area (Å²) in [7, 11) is 6.74. The van der Waals surface area contributed by atoms with E-state index in [9.17, 15) is 9.59 Å². The highest BCUT2D eigenvalue weighted by molar-refractivity contribution is 6.03. The first-order chi connectivity index (χ1) is 14.5. The van der Waals surface area contributed by atoms with Crippen LogP contribution in [-0.4, -0.2) is 76.9 Å². The molecule has 2 saturated carbocycles. The number of benzene rings is 1. The van der Waals surface area contributed by atoms with Gasteiger partial charge in [0, 0.05) is 50.2 Å². The molecular weight excluding hydrogens is 386 g/mol. The number of hydrogen-bond donors (Lipinski definition) is 0. The Labute approximate surface area is 176 Å². The van der Waals surface area contributed by atoms with Crippen LogP contribution >= 0.6 is 0 Å². The molecule has 0 radical (unpaired) electrons. The predicted octanol–water partition coefficient (Wildman–Crippen LogP) is 1.67. The van der Waals surface area contributed by atoms with Gasteiger partial charge in [-0.15, -0.1) is 0 Å². The van der Waals surface area contributed by atoms with Crippen molar-refractivity contribution >= 4 is 12.2 Å². The van der Waals surface area contributed by atoms with Crippen LogP contribution in [0.15, 0.2) is 18.2 Å². The Balaban J connectivity index is 1.87. The second-order valence-corrected chi connectivity index (χ2v) is 9.19. The zero-order valence-corrected chi connectivity index (χ0v) is 17.9. The minimum Gasteiger partial charge on any atom is -0.497 e. The van der Waals surface area contributed by atoms with E-state index in [1.807, 2.05) is 23.1 Å². The Morgan fingerprint density at radius 3 is 2.63 bits per heavy atom. The largest absolute Gasteiger partial charge is 0.497 e. The van der Waals surface area contributed by atoms with Crippen LogP contribution in [0, 0.1) is 17.3 Å². The van der Waals surface area contributed by atoms with Gasteiger partial charge in [-0.05, 0) is 36.6 Å². The molecule has 4 aliphatic rings. The Hall–Kier alpha value is -1.96. The zero-order chi connectivity index (χ0) is 21.3. The Morgan fingerprint density at radius 2 is 2.00 bits per heavy atom. The van der Waals surface area contributed by atoms with E-state index in [0.717, 1.165) is 24.8 Å². The maximum absolute atomic E-state index is 13.8. The molecule has 5 bridgehead atoms. The maximum atomic E-state index is 13.8. The number of fused-ring (bicyclic) bond motifs is 1. The molecule has 3 unspecified atom stereocenters. The van der Waals surface area contributed by atoms with E-state index < -0.39 is 11.3 Å². The summed E-state index contributed by atoms with van der Waals surface area (Å²) in [4.78, 5) is 27.9. The lowest BCUT2D eigenvalue weighted by atomic mass is 9.47. The van der Waals surface area contributed by atoms with Crippen molar-refractivity contribution in [2.45, 2.75) is 36.5 Å². The van der Waals surface area contributed by atoms with Crippen molar-refractivity contribution in [2.24, 2.45) is 17.3 Å². The van der Waals surface area contributed by atoms with E-state index in [-0.39, 0.29) is 35.4 Å². The molecule has 1 spiro atoms. The number of rotatable bonds is 6. The molecule has 3 aliphatic carbocycles. The predicted molar refractivity (Wildman–Crippen MR) is 108 cm³/mol. The highest BCUT2D eigenvalue weighted by Gasteiger charge is 2.79. The molecule has 30 heavy (non-hydrogen) atoms. The topological polar surface area (TPSA) is 74.3 Å². The van der Waals surface area contributed by atoms with Gasteiger partial charge in [0.05, 0.1) is 37.9 Å². The zero-order valence-electron chi connectivity index (χ0n) is 17.9. The number of carbonyl (C=O) groups is 2. The quantitative estimate of drug-likeness (QED) is 0.658. The first kappa shape index (κ1) is 20.0. The molecule has 1 aromatic rings. The van der Waals surface area contributed by atoms with Gasteiger partial charge in [0.1, 0.15) is 5.75 Å². The SMILES string of the molecule is COC[C@]12CC[C@H](OC)[C@]34c5cc(OC)ccc5C(=O)C(C3N(C=O)C1)[C@H](OC)C24. The molecule has 1 heterocycles. The lowest BCUT2D eigenvalue weighted by Crippen LogP contribution is -2.72. The Bertz CT molecular complexity index is 888. The van der Waals surface area contributed by atoms with Crippen LogP contribution in [0.4, 0.5) is 0 Å². The fourth-order valence-corrected chi connectivity index (χ4v) is 7.71. The molecular formula is C23H29NO6. The number of Topliss-reactive ketones (excluding diaryl/α,β-unsaturated/α-hetero) is 1. The second-order valence-electron chi connectivity index (χ2n) is 9.19. The fourth-order valence-electron chi connectivity index (χ4n) is 7.71. The first-order valence-corrected chi connectivity index (χ1v) is 10.5. The van der Waals surface area contributed by atoms with E-state index in [1.165, 1.54) is 0 Å². The summed E-state index contributed by atoms with van der Waals surface area (Å²) in [5.41, 5.74) is 0.774. The molecule has 0 N–H and O–H groups in total. The highest BCUT2D eigenvalue weighted by Crippen LogP contribution is 2.70. The summed E-state index contributed by atoms with van der Waals surface area (Å²) in [6.45, 7) is 1.08. The van der Waals surface area contributed by atoms with Gasteiger partial charge < -0.3 is 23.8 Å². The number of nitrogens with zero attached hydrogens (tertiary/aromatic N) is 1. The number of likely N-dealkylation sites (tertiary alicyclic amines) is 1. The Kier molecular flexibility index (Phi) is 4.51. The molecule has 7 nitrogen and oxygen atoms in total. The van der Waals surface area contributed by atoms with Crippen LogP contribution in [0.3, 0.4) is 0 Å². The minimum absolute atomic E-state index is 0.00263. The molecule has 1 aromatic carbocycles. The molecule has 1 aliphatic heterocycles. The van der Waals surface area contributed by atoms with Gasteiger partial charge in [0.2, 0.25) is 6.41 Å². The van der Waals surface area contributed by atoms with Crippen LogP contribution in [0.5, 0.6) is 5.75 Å². The average molecular weight is 415 g/mol. The summed E-state index contributed by atoms with van der Waals surface area (Å²) in [5.74, 6) is 0.320. The number of piperidine rings is 1. The normalized spacial score (nSPS) is 40.9. The van der Waals surface area contributed by atoms with E-state index >= 15 is 0 Å². The molecule has 1 saturated heterocycles. The minimum atomic E-state index is -0.548.